The molecule has 124 valence electrons. The topological polar surface area (TPSA) is 64.8 Å². The Balaban J connectivity index is 1.69. The van der Waals surface area contributed by atoms with Crippen molar-refractivity contribution in [2.24, 2.45) is 0 Å². The van der Waals surface area contributed by atoms with Gasteiger partial charge in [0, 0.05) is 30.7 Å². The lowest BCUT2D eigenvalue weighted by molar-refractivity contribution is 0.575. The lowest BCUT2D eigenvalue weighted by atomic mass is 10.2. The van der Waals surface area contributed by atoms with Gasteiger partial charge in [-0.2, -0.15) is 5.10 Å². The maximum atomic E-state index is 12.4. The summed E-state index contributed by atoms with van der Waals surface area (Å²) in [4.78, 5) is 4.50. The van der Waals surface area contributed by atoms with Crippen LogP contribution in [0.25, 0.3) is 11.3 Å². The van der Waals surface area contributed by atoms with E-state index in [1.165, 1.54) is 0 Å². The number of pyridine rings is 1. The Bertz CT molecular complexity index is 918. The lowest BCUT2D eigenvalue weighted by Crippen LogP contribution is -2.11. The maximum Gasteiger partial charge on any atom is 0.178 e. The van der Waals surface area contributed by atoms with Crippen LogP contribution in [0.3, 0.4) is 0 Å². The number of sulfone groups is 1. The summed E-state index contributed by atoms with van der Waals surface area (Å²) in [7, 11) is -3.27. The van der Waals surface area contributed by atoms with E-state index in [1.54, 1.807) is 36.8 Å². The van der Waals surface area contributed by atoms with E-state index in [1.807, 2.05) is 35.9 Å². The van der Waals surface area contributed by atoms with Gasteiger partial charge in [-0.3, -0.25) is 9.67 Å². The van der Waals surface area contributed by atoms with Crippen LogP contribution < -0.4 is 0 Å². The number of aryl methyl sites for hydroxylation is 2. The standard InChI is InChI=1S/C18H19N3O2S/c1-15-5-2-7-17(13-15)24(22,23)12-4-11-21-18(8-10-20-21)16-6-3-9-19-14-16/h2-3,5-10,13-14H,4,11-12H2,1H3. The summed E-state index contributed by atoms with van der Waals surface area (Å²) in [6.07, 6.45) is 5.72. The van der Waals surface area contributed by atoms with Gasteiger partial charge in [0.15, 0.2) is 9.84 Å². The van der Waals surface area contributed by atoms with Gasteiger partial charge >= 0.3 is 0 Å². The van der Waals surface area contributed by atoms with Crippen LogP contribution in [-0.2, 0) is 16.4 Å². The fourth-order valence-corrected chi connectivity index (χ4v) is 4.00. The molecule has 1 aromatic carbocycles. The fraction of sp³-hybridized carbons (Fsp3) is 0.222. The lowest BCUT2D eigenvalue weighted by Gasteiger charge is -2.08. The van der Waals surface area contributed by atoms with Gasteiger partial charge in [0.05, 0.1) is 16.3 Å². The van der Waals surface area contributed by atoms with Gasteiger partial charge in [0.25, 0.3) is 0 Å². The smallest absolute Gasteiger partial charge is 0.178 e. The summed E-state index contributed by atoms with van der Waals surface area (Å²) >= 11 is 0. The summed E-state index contributed by atoms with van der Waals surface area (Å²) < 4.78 is 26.7. The minimum atomic E-state index is -3.27. The molecule has 3 rings (SSSR count). The van der Waals surface area contributed by atoms with Gasteiger partial charge < -0.3 is 0 Å². The summed E-state index contributed by atoms with van der Waals surface area (Å²) in [5.74, 6) is 0.1000. The average molecular weight is 341 g/mol. The maximum absolute atomic E-state index is 12.4. The highest BCUT2D eigenvalue weighted by Gasteiger charge is 2.15. The van der Waals surface area contributed by atoms with Crippen molar-refractivity contribution < 1.29 is 8.42 Å². The van der Waals surface area contributed by atoms with Crippen molar-refractivity contribution >= 4 is 9.84 Å². The SMILES string of the molecule is Cc1cccc(S(=O)(=O)CCCn2nccc2-c2cccnc2)c1. The third-order valence-electron chi connectivity index (χ3n) is 3.81. The number of rotatable bonds is 6. The molecule has 5 nitrogen and oxygen atoms in total. The van der Waals surface area contributed by atoms with Gasteiger partial charge in [0.2, 0.25) is 0 Å². The molecule has 0 atom stereocenters. The molecule has 0 saturated carbocycles. The summed E-state index contributed by atoms with van der Waals surface area (Å²) in [6.45, 7) is 2.44. The number of nitrogens with zero attached hydrogens (tertiary/aromatic N) is 3. The fourth-order valence-electron chi connectivity index (χ4n) is 2.60. The first-order chi connectivity index (χ1) is 11.6. The Kier molecular flexibility index (Phi) is 4.76. The molecule has 0 spiro atoms. The van der Waals surface area contributed by atoms with Crippen molar-refractivity contribution in [3.05, 3.63) is 66.6 Å². The highest BCUT2D eigenvalue weighted by atomic mass is 32.2. The normalized spacial score (nSPS) is 11.5. The molecule has 2 heterocycles. The molecule has 0 saturated heterocycles. The van der Waals surface area contributed by atoms with Gasteiger partial charge in [-0.05, 0) is 49.2 Å². The van der Waals surface area contributed by atoms with Gasteiger partial charge in [-0.1, -0.05) is 12.1 Å². The second-order valence-corrected chi connectivity index (χ2v) is 7.78. The van der Waals surface area contributed by atoms with Crippen molar-refractivity contribution in [1.82, 2.24) is 14.8 Å². The highest BCUT2D eigenvalue weighted by Crippen LogP contribution is 2.18. The van der Waals surface area contributed by atoms with Crippen LogP contribution in [0.2, 0.25) is 0 Å². The molecule has 3 aromatic rings. The minimum absolute atomic E-state index is 0.1000. The van der Waals surface area contributed by atoms with E-state index in [4.69, 9.17) is 0 Å². The molecule has 0 bridgehead atoms. The minimum Gasteiger partial charge on any atom is -0.265 e. The molecule has 0 aliphatic rings. The van der Waals surface area contributed by atoms with E-state index >= 15 is 0 Å². The Morgan fingerprint density at radius 1 is 1.08 bits per heavy atom. The van der Waals surface area contributed by atoms with Gasteiger partial charge in [-0.15, -0.1) is 0 Å². The van der Waals surface area contributed by atoms with E-state index in [0.717, 1.165) is 16.8 Å². The van der Waals surface area contributed by atoms with Gasteiger partial charge in [0.1, 0.15) is 0 Å². The van der Waals surface area contributed by atoms with E-state index in [-0.39, 0.29) is 5.75 Å². The van der Waals surface area contributed by atoms with Crippen molar-refractivity contribution in [3.63, 3.8) is 0 Å². The third kappa shape index (κ3) is 3.71. The number of hydrogen-bond donors (Lipinski definition) is 0. The summed E-state index contributed by atoms with van der Waals surface area (Å²) in [5.41, 5.74) is 2.86. The molecule has 0 unspecified atom stereocenters. The first-order valence-electron chi connectivity index (χ1n) is 7.78. The Morgan fingerprint density at radius 2 is 1.96 bits per heavy atom. The van der Waals surface area contributed by atoms with Crippen molar-refractivity contribution in [1.29, 1.82) is 0 Å². The van der Waals surface area contributed by atoms with E-state index in [2.05, 4.69) is 10.1 Å². The molecule has 6 heteroatoms. The molecular formula is C18H19N3O2S. The number of benzene rings is 1. The first-order valence-corrected chi connectivity index (χ1v) is 9.43. The predicted octanol–water partition coefficient (Wildman–Crippen LogP) is 3.12. The van der Waals surface area contributed by atoms with Crippen LogP contribution in [-0.4, -0.2) is 28.9 Å². The van der Waals surface area contributed by atoms with Crippen LogP contribution in [0.4, 0.5) is 0 Å². The first kappa shape index (κ1) is 16.4. The molecule has 2 aromatic heterocycles. The van der Waals surface area contributed by atoms with Crippen molar-refractivity contribution in [2.45, 2.75) is 24.8 Å². The highest BCUT2D eigenvalue weighted by molar-refractivity contribution is 7.91. The van der Waals surface area contributed by atoms with E-state index < -0.39 is 9.84 Å². The van der Waals surface area contributed by atoms with Crippen LogP contribution in [0.1, 0.15) is 12.0 Å². The monoisotopic (exact) mass is 341 g/mol. The summed E-state index contributed by atoms with van der Waals surface area (Å²) in [6, 6.07) is 12.8. The van der Waals surface area contributed by atoms with Crippen molar-refractivity contribution in [2.75, 3.05) is 5.75 Å². The second-order valence-electron chi connectivity index (χ2n) is 5.67. The van der Waals surface area contributed by atoms with Crippen LogP contribution >= 0.6 is 0 Å². The summed E-state index contributed by atoms with van der Waals surface area (Å²) in [5, 5.41) is 4.29. The molecule has 0 fully saturated rings. The molecule has 0 amide bonds. The van der Waals surface area contributed by atoms with Crippen molar-refractivity contribution in [3.8, 4) is 11.3 Å². The van der Waals surface area contributed by atoms with Crippen LogP contribution in [0, 0.1) is 6.92 Å². The molecular weight excluding hydrogens is 322 g/mol. The third-order valence-corrected chi connectivity index (χ3v) is 5.60. The zero-order valence-corrected chi connectivity index (χ0v) is 14.3. The Labute approximate surface area is 141 Å². The van der Waals surface area contributed by atoms with Crippen LogP contribution in [0.5, 0.6) is 0 Å². The number of aromatic nitrogens is 3. The Morgan fingerprint density at radius 3 is 2.71 bits per heavy atom. The van der Waals surface area contributed by atoms with E-state index in [9.17, 15) is 8.42 Å². The van der Waals surface area contributed by atoms with E-state index in [0.29, 0.717) is 17.9 Å². The second kappa shape index (κ2) is 6.97. The number of hydrogen-bond acceptors (Lipinski definition) is 4. The van der Waals surface area contributed by atoms with Crippen LogP contribution in [0.15, 0.2) is 66.0 Å². The molecule has 0 aliphatic heterocycles. The zero-order valence-electron chi connectivity index (χ0n) is 13.5. The largest absolute Gasteiger partial charge is 0.265 e. The Hall–Kier alpha value is -2.47. The predicted molar refractivity (Wildman–Crippen MR) is 93.3 cm³/mol. The average Bonchev–Trinajstić information content (AvgIpc) is 3.04. The molecule has 24 heavy (non-hydrogen) atoms. The molecule has 0 radical (unpaired) electrons. The van der Waals surface area contributed by atoms with Gasteiger partial charge in [-0.25, -0.2) is 8.42 Å². The zero-order chi connectivity index (χ0) is 17.0. The molecule has 0 N–H and O–H groups in total. The quantitative estimate of drug-likeness (QED) is 0.691. The molecule has 0 aliphatic carbocycles.